The molecule has 0 aromatic heterocycles. The molecule has 1 aliphatic heterocycles. The Kier molecular flexibility index (Phi) is 7.01. The van der Waals surface area contributed by atoms with Crippen LogP contribution in [0.2, 0.25) is 10.0 Å². The van der Waals surface area contributed by atoms with E-state index in [9.17, 15) is 14.9 Å². The maximum atomic E-state index is 12.8. The molecule has 3 aromatic carbocycles. The molecule has 170 valence electrons. The van der Waals surface area contributed by atoms with Crippen molar-refractivity contribution in [1.29, 1.82) is 0 Å². The van der Waals surface area contributed by atoms with E-state index >= 15 is 0 Å². The lowest BCUT2D eigenvalue weighted by Crippen LogP contribution is -2.48. The van der Waals surface area contributed by atoms with Crippen molar-refractivity contribution in [1.82, 2.24) is 4.90 Å². The van der Waals surface area contributed by atoms with Gasteiger partial charge in [-0.25, -0.2) is 0 Å². The first-order chi connectivity index (χ1) is 15.9. The van der Waals surface area contributed by atoms with Crippen LogP contribution in [0, 0.1) is 10.1 Å². The van der Waals surface area contributed by atoms with E-state index in [-0.39, 0.29) is 11.6 Å². The molecule has 1 heterocycles. The summed E-state index contributed by atoms with van der Waals surface area (Å²) in [4.78, 5) is 27.8. The summed E-state index contributed by atoms with van der Waals surface area (Å²) in [6, 6.07) is 19.4. The maximum Gasteiger partial charge on any atom is 0.292 e. The van der Waals surface area contributed by atoms with E-state index < -0.39 is 4.92 Å². The molecule has 0 radical (unpaired) electrons. The van der Waals surface area contributed by atoms with Crippen molar-refractivity contribution < 1.29 is 9.72 Å². The predicted octanol–water partition coefficient (Wildman–Crippen LogP) is 5.48. The fourth-order valence-corrected chi connectivity index (χ4v) is 4.14. The molecule has 9 heteroatoms. The van der Waals surface area contributed by atoms with Crippen LogP contribution in [-0.2, 0) is 6.54 Å². The summed E-state index contributed by atoms with van der Waals surface area (Å²) < 4.78 is 0. The third-order valence-corrected chi connectivity index (χ3v) is 6.19. The van der Waals surface area contributed by atoms with Gasteiger partial charge in [0.1, 0.15) is 5.69 Å². The Labute approximate surface area is 201 Å². The van der Waals surface area contributed by atoms with E-state index in [1.807, 2.05) is 12.1 Å². The predicted molar refractivity (Wildman–Crippen MR) is 131 cm³/mol. The highest BCUT2D eigenvalue weighted by atomic mass is 35.5. The number of hydrogen-bond donors (Lipinski definition) is 1. The zero-order chi connectivity index (χ0) is 23.4. The van der Waals surface area contributed by atoms with Crippen molar-refractivity contribution in [3.05, 3.63) is 98.0 Å². The zero-order valence-electron chi connectivity index (χ0n) is 17.7. The summed E-state index contributed by atoms with van der Waals surface area (Å²) in [6.45, 7) is 2.74. The number of benzene rings is 3. The second kappa shape index (κ2) is 10.1. The standard InChI is InChI=1S/C24H22Cl2N4O3/c25-18-7-5-17(6-8-18)16-27-22-15-19(9-10-23(22)30(32)33)28-11-13-29(14-12-28)24(31)20-3-1-2-4-21(20)26/h1-10,15,27H,11-14,16H2. The topological polar surface area (TPSA) is 78.7 Å². The monoisotopic (exact) mass is 484 g/mol. The molecule has 0 spiro atoms. The Morgan fingerprint density at radius 1 is 0.970 bits per heavy atom. The number of rotatable bonds is 6. The minimum absolute atomic E-state index is 0.0141. The van der Waals surface area contributed by atoms with E-state index in [2.05, 4.69) is 10.2 Å². The van der Waals surface area contributed by atoms with Crippen LogP contribution in [0.15, 0.2) is 66.7 Å². The second-order valence-corrected chi connectivity index (χ2v) is 8.54. The molecule has 1 amide bonds. The van der Waals surface area contributed by atoms with Crippen LogP contribution in [0.25, 0.3) is 0 Å². The lowest BCUT2D eigenvalue weighted by Gasteiger charge is -2.36. The first-order valence-electron chi connectivity index (χ1n) is 10.5. The van der Waals surface area contributed by atoms with Crippen LogP contribution in [0.3, 0.4) is 0 Å². The summed E-state index contributed by atoms with van der Waals surface area (Å²) >= 11 is 12.1. The van der Waals surface area contributed by atoms with E-state index in [4.69, 9.17) is 23.2 Å². The molecule has 7 nitrogen and oxygen atoms in total. The lowest BCUT2D eigenvalue weighted by molar-refractivity contribution is -0.384. The molecule has 1 saturated heterocycles. The molecular formula is C24H22Cl2N4O3. The van der Waals surface area contributed by atoms with Crippen LogP contribution in [0.1, 0.15) is 15.9 Å². The SMILES string of the molecule is O=C(c1ccccc1Cl)N1CCN(c2ccc([N+](=O)[O-])c(NCc3ccc(Cl)cc3)c2)CC1. The van der Waals surface area contributed by atoms with Gasteiger partial charge in [-0.2, -0.15) is 0 Å². The van der Waals surface area contributed by atoms with Crippen molar-refractivity contribution in [2.24, 2.45) is 0 Å². The molecule has 33 heavy (non-hydrogen) atoms. The molecule has 0 atom stereocenters. The highest BCUT2D eigenvalue weighted by Gasteiger charge is 2.25. The molecule has 1 N–H and O–H groups in total. The molecule has 0 aliphatic carbocycles. The zero-order valence-corrected chi connectivity index (χ0v) is 19.2. The Morgan fingerprint density at radius 2 is 1.67 bits per heavy atom. The van der Waals surface area contributed by atoms with E-state index in [0.29, 0.717) is 54.0 Å². The maximum absolute atomic E-state index is 12.8. The number of piperazine rings is 1. The minimum atomic E-state index is -0.395. The molecule has 0 unspecified atom stereocenters. The molecule has 0 saturated carbocycles. The van der Waals surface area contributed by atoms with Crippen molar-refractivity contribution in [3.63, 3.8) is 0 Å². The van der Waals surface area contributed by atoms with Gasteiger partial charge in [-0.3, -0.25) is 14.9 Å². The Bertz CT molecular complexity index is 1160. The largest absolute Gasteiger partial charge is 0.375 e. The molecule has 1 aliphatic rings. The first kappa shape index (κ1) is 22.9. The Morgan fingerprint density at radius 3 is 2.33 bits per heavy atom. The van der Waals surface area contributed by atoms with E-state index in [1.165, 1.54) is 6.07 Å². The van der Waals surface area contributed by atoms with Gasteiger partial charge in [0.2, 0.25) is 0 Å². The molecule has 0 bridgehead atoms. The third kappa shape index (κ3) is 5.38. The number of nitro benzene ring substituents is 1. The average Bonchev–Trinajstić information content (AvgIpc) is 2.83. The van der Waals surface area contributed by atoms with Crippen molar-refractivity contribution >= 4 is 46.2 Å². The highest BCUT2D eigenvalue weighted by molar-refractivity contribution is 6.33. The van der Waals surface area contributed by atoms with Gasteiger partial charge in [0.25, 0.3) is 11.6 Å². The van der Waals surface area contributed by atoms with Gasteiger partial charge < -0.3 is 15.1 Å². The van der Waals surface area contributed by atoms with Crippen molar-refractivity contribution in [3.8, 4) is 0 Å². The number of amides is 1. The van der Waals surface area contributed by atoms with Crippen LogP contribution in [-0.4, -0.2) is 41.9 Å². The number of hydrogen-bond acceptors (Lipinski definition) is 5. The minimum Gasteiger partial charge on any atom is -0.375 e. The molecule has 3 aromatic rings. The fourth-order valence-electron chi connectivity index (χ4n) is 3.79. The van der Waals surface area contributed by atoms with Gasteiger partial charge in [-0.05, 0) is 42.0 Å². The Balaban J connectivity index is 1.45. The smallest absolute Gasteiger partial charge is 0.292 e. The third-order valence-electron chi connectivity index (χ3n) is 5.61. The summed E-state index contributed by atoms with van der Waals surface area (Å²) in [5.41, 5.74) is 2.79. The lowest BCUT2D eigenvalue weighted by atomic mass is 10.1. The van der Waals surface area contributed by atoms with Gasteiger partial charge in [0.05, 0.1) is 15.5 Å². The van der Waals surface area contributed by atoms with Gasteiger partial charge in [-0.15, -0.1) is 0 Å². The average molecular weight is 485 g/mol. The normalized spacial score (nSPS) is 13.6. The number of halogens is 2. The molecule has 4 rings (SSSR count). The first-order valence-corrected chi connectivity index (χ1v) is 11.2. The van der Waals surface area contributed by atoms with Crippen molar-refractivity contribution in [2.75, 3.05) is 36.4 Å². The fraction of sp³-hybridized carbons (Fsp3) is 0.208. The molecule has 1 fully saturated rings. The van der Waals surface area contributed by atoms with Gasteiger partial charge in [-0.1, -0.05) is 47.5 Å². The van der Waals surface area contributed by atoms with Gasteiger partial charge in [0, 0.05) is 49.5 Å². The highest BCUT2D eigenvalue weighted by Crippen LogP contribution is 2.31. The molecular weight excluding hydrogens is 463 g/mol. The van der Waals surface area contributed by atoms with E-state index in [0.717, 1.165) is 11.3 Å². The second-order valence-electron chi connectivity index (χ2n) is 7.70. The number of anilines is 2. The Hall–Kier alpha value is -3.29. The van der Waals surface area contributed by atoms with Crippen LogP contribution in [0.5, 0.6) is 0 Å². The summed E-state index contributed by atoms with van der Waals surface area (Å²) in [7, 11) is 0. The van der Waals surface area contributed by atoms with Crippen LogP contribution in [0.4, 0.5) is 17.1 Å². The number of carbonyl (C=O) groups excluding carboxylic acids is 1. The summed E-state index contributed by atoms with van der Waals surface area (Å²) in [6.07, 6.45) is 0. The van der Waals surface area contributed by atoms with Crippen LogP contribution < -0.4 is 10.2 Å². The number of nitrogens with zero attached hydrogens (tertiary/aromatic N) is 3. The van der Waals surface area contributed by atoms with Gasteiger partial charge >= 0.3 is 0 Å². The van der Waals surface area contributed by atoms with Crippen molar-refractivity contribution in [2.45, 2.75) is 6.54 Å². The quantitative estimate of drug-likeness (QED) is 0.370. The van der Waals surface area contributed by atoms with Gasteiger partial charge in [0.15, 0.2) is 0 Å². The van der Waals surface area contributed by atoms with E-state index in [1.54, 1.807) is 53.4 Å². The summed E-state index contributed by atoms with van der Waals surface area (Å²) in [5.74, 6) is -0.0886. The number of nitro groups is 1. The summed E-state index contributed by atoms with van der Waals surface area (Å²) in [5, 5.41) is 15.8. The number of carbonyl (C=O) groups is 1. The van der Waals surface area contributed by atoms with Crippen LogP contribution >= 0.6 is 23.2 Å². The number of nitrogens with one attached hydrogen (secondary N) is 1.